The molecular formula is C26H31N5. The van der Waals surface area contributed by atoms with Crippen molar-refractivity contribution in [2.45, 2.75) is 24.8 Å². The van der Waals surface area contributed by atoms with Crippen molar-refractivity contribution in [3.63, 3.8) is 0 Å². The number of nitrogens with zero attached hydrogens (tertiary/aromatic N) is 5. The van der Waals surface area contributed by atoms with Crippen LogP contribution < -0.4 is 0 Å². The van der Waals surface area contributed by atoms with Crippen LogP contribution in [0.4, 0.5) is 0 Å². The number of hydrogen-bond donors (Lipinski definition) is 0. The van der Waals surface area contributed by atoms with Crippen LogP contribution in [0.3, 0.4) is 0 Å². The van der Waals surface area contributed by atoms with E-state index in [-0.39, 0.29) is 0 Å². The molecular weight excluding hydrogens is 382 g/mol. The first-order valence-electron chi connectivity index (χ1n) is 11.1. The Morgan fingerprint density at radius 2 is 1.52 bits per heavy atom. The quantitative estimate of drug-likeness (QED) is 0.591. The molecule has 0 atom stereocenters. The molecule has 0 radical (unpaired) electrons. The fraction of sp³-hybridized carbons (Fsp3) is 0.385. The zero-order valence-corrected chi connectivity index (χ0v) is 18.3. The average molecular weight is 414 g/mol. The maximum absolute atomic E-state index is 10.4. The topological polar surface area (TPSA) is 48.1 Å². The van der Waals surface area contributed by atoms with E-state index in [1.54, 1.807) is 0 Å². The van der Waals surface area contributed by atoms with Gasteiger partial charge in [0.05, 0.1) is 12.3 Å². The predicted octanol–water partition coefficient (Wildman–Crippen LogP) is 3.83. The zero-order valence-electron chi connectivity index (χ0n) is 18.3. The lowest BCUT2D eigenvalue weighted by atomic mass is 9.73. The van der Waals surface area contributed by atoms with Crippen molar-refractivity contribution in [1.29, 1.82) is 5.26 Å². The third-order valence-electron chi connectivity index (χ3n) is 6.37. The Balaban J connectivity index is 1.44. The van der Waals surface area contributed by atoms with Gasteiger partial charge in [-0.25, -0.2) is 0 Å². The van der Waals surface area contributed by atoms with Gasteiger partial charge in [-0.15, -0.1) is 0 Å². The van der Waals surface area contributed by atoms with Crippen LogP contribution in [0.15, 0.2) is 73.1 Å². The molecule has 0 spiro atoms. The van der Waals surface area contributed by atoms with Crippen molar-refractivity contribution in [3.05, 3.63) is 89.7 Å². The number of hydrogen-bond acceptors (Lipinski definition) is 4. The summed E-state index contributed by atoms with van der Waals surface area (Å²) < 4.78 is 1.87. The third kappa shape index (κ3) is 5.04. The monoisotopic (exact) mass is 413 g/mol. The highest BCUT2D eigenvalue weighted by Gasteiger charge is 2.34. The van der Waals surface area contributed by atoms with Gasteiger partial charge in [-0.2, -0.15) is 10.4 Å². The van der Waals surface area contributed by atoms with E-state index < -0.39 is 5.41 Å². The summed E-state index contributed by atoms with van der Waals surface area (Å²) in [7, 11) is 1.97. The van der Waals surface area contributed by atoms with E-state index in [4.69, 9.17) is 0 Å². The average Bonchev–Trinajstić information content (AvgIpc) is 3.09. The van der Waals surface area contributed by atoms with E-state index in [9.17, 15) is 5.26 Å². The number of aryl methyl sites for hydroxylation is 1. The van der Waals surface area contributed by atoms with Gasteiger partial charge in [-0.05, 0) is 37.1 Å². The smallest absolute Gasteiger partial charge is 0.108 e. The van der Waals surface area contributed by atoms with Gasteiger partial charge < -0.3 is 4.90 Å². The minimum absolute atomic E-state index is 0.621. The molecule has 0 saturated carbocycles. The zero-order chi connectivity index (χ0) is 21.5. The van der Waals surface area contributed by atoms with Crippen molar-refractivity contribution in [1.82, 2.24) is 19.6 Å². The molecule has 1 aromatic heterocycles. The van der Waals surface area contributed by atoms with Gasteiger partial charge in [-0.3, -0.25) is 9.58 Å². The maximum atomic E-state index is 10.4. The Morgan fingerprint density at radius 3 is 2.10 bits per heavy atom. The lowest BCUT2D eigenvalue weighted by Gasteiger charge is -2.31. The van der Waals surface area contributed by atoms with Crippen LogP contribution in [0, 0.1) is 11.3 Å². The van der Waals surface area contributed by atoms with Gasteiger partial charge in [0.25, 0.3) is 0 Å². The molecule has 2 heterocycles. The van der Waals surface area contributed by atoms with Crippen LogP contribution in [0.25, 0.3) is 0 Å². The van der Waals surface area contributed by atoms with Gasteiger partial charge in [0.15, 0.2) is 0 Å². The van der Waals surface area contributed by atoms with E-state index in [1.807, 2.05) is 54.3 Å². The first kappa shape index (κ1) is 21.3. The molecule has 2 aromatic carbocycles. The summed E-state index contributed by atoms with van der Waals surface area (Å²) >= 11 is 0. The summed E-state index contributed by atoms with van der Waals surface area (Å²) in [5.74, 6) is 0. The highest BCUT2D eigenvalue weighted by molar-refractivity contribution is 5.45. The molecule has 5 heteroatoms. The molecule has 0 N–H and O–H groups in total. The van der Waals surface area contributed by atoms with Crippen molar-refractivity contribution in [2.75, 3.05) is 32.7 Å². The van der Waals surface area contributed by atoms with Gasteiger partial charge in [0.1, 0.15) is 5.41 Å². The summed E-state index contributed by atoms with van der Waals surface area (Å²) in [5.41, 5.74) is 2.81. The Kier molecular flexibility index (Phi) is 6.81. The minimum Gasteiger partial charge on any atom is -0.302 e. The van der Waals surface area contributed by atoms with Crippen molar-refractivity contribution in [3.8, 4) is 6.07 Å². The molecule has 1 aliphatic rings. The van der Waals surface area contributed by atoms with Crippen molar-refractivity contribution >= 4 is 0 Å². The SMILES string of the molecule is Cn1cc(CN2CCCN(CCC(C#N)(c3ccccc3)c3ccccc3)CC2)cn1. The fourth-order valence-corrected chi connectivity index (χ4v) is 4.63. The minimum atomic E-state index is -0.621. The lowest BCUT2D eigenvalue weighted by Crippen LogP contribution is -2.35. The molecule has 31 heavy (non-hydrogen) atoms. The van der Waals surface area contributed by atoms with Gasteiger partial charge in [0.2, 0.25) is 0 Å². The summed E-state index contributed by atoms with van der Waals surface area (Å²) in [5, 5.41) is 14.7. The summed E-state index contributed by atoms with van der Waals surface area (Å²) in [6, 6.07) is 23.2. The second-order valence-corrected chi connectivity index (χ2v) is 8.49. The molecule has 0 amide bonds. The normalized spacial score (nSPS) is 16.0. The van der Waals surface area contributed by atoms with Gasteiger partial charge >= 0.3 is 0 Å². The Hall–Kier alpha value is -2.94. The van der Waals surface area contributed by atoms with E-state index in [0.717, 1.165) is 63.2 Å². The summed E-state index contributed by atoms with van der Waals surface area (Å²) in [6.07, 6.45) is 6.00. The standard InChI is InChI=1S/C26H31N5/c1-29-20-23(19-28-29)21-31-15-8-14-30(17-18-31)16-13-26(22-27,24-9-4-2-5-10-24)25-11-6-3-7-12-25/h2-7,9-12,19-20H,8,13-18,21H2,1H3. The lowest BCUT2D eigenvalue weighted by molar-refractivity contribution is 0.244. The molecule has 4 rings (SSSR count). The van der Waals surface area contributed by atoms with Gasteiger partial charge in [-0.1, -0.05) is 60.7 Å². The number of benzene rings is 2. The molecule has 1 aliphatic heterocycles. The van der Waals surface area contributed by atoms with Crippen LogP contribution in [-0.4, -0.2) is 52.3 Å². The Labute approximate surface area is 185 Å². The molecule has 1 fully saturated rings. The molecule has 0 aliphatic carbocycles. The van der Waals surface area contributed by atoms with Gasteiger partial charge in [0, 0.05) is 45.0 Å². The van der Waals surface area contributed by atoms with Crippen LogP contribution >= 0.6 is 0 Å². The number of nitriles is 1. The van der Waals surface area contributed by atoms with Crippen molar-refractivity contribution < 1.29 is 0 Å². The van der Waals surface area contributed by atoms with Crippen LogP contribution in [0.1, 0.15) is 29.5 Å². The van der Waals surface area contributed by atoms with E-state index in [2.05, 4.69) is 51.4 Å². The summed E-state index contributed by atoms with van der Waals surface area (Å²) in [4.78, 5) is 5.05. The summed E-state index contributed by atoms with van der Waals surface area (Å²) in [6.45, 7) is 6.13. The molecule has 0 unspecified atom stereocenters. The first-order valence-corrected chi connectivity index (χ1v) is 11.1. The van der Waals surface area contributed by atoms with E-state index in [0.29, 0.717) is 0 Å². The van der Waals surface area contributed by atoms with Crippen molar-refractivity contribution in [2.24, 2.45) is 7.05 Å². The Bertz CT molecular complexity index is 950. The maximum Gasteiger partial charge on any atom is 0.108 e. The van der Waals surface area contributed by atoms with Crippen LogP contribution in [0.5, 0.6) is 0 Å². The fourth-order valence-electron chi connectivity index (χ4n) is 4.63. The number of aromatic nitrogens is 2. The predicted molar refractivity (Wildman–Crippen MR) is 123 cm³/mol. The largest absolute Gasteiger partial charge is 0.302 e. The Morgan fingerprint density at radius 1 is 0.903 bits per heavy atom. The third-order valence-corrected chi connectivity index (χ3v) is 6.37. The molecule has 1 saturated heterocycles. The van der Waals surface area contributed by atoms with Crippen LogP contribution in [0.2, 0.25) is 0 Å². The molecule has 0 bridgehead atoms. The van der Waals surface area contributed by atoms with E-state index in [1.165, 1.54) is 5.56 Å². The van der Waals surface area contributed by atoms with E-state index >= 15 is 0 Å². The number of rotatable bonds is 7. The highest BCUT2D eigenvalue weighted by Crippen LogP contribution is 2.35. The second kappa shape index (κ2) is 9.91. The molecule has 5 nitrogen and oxygen atoms in total. The first-order chi connectivity index (χ1) is 15.2. The molecule has 3 aromatic rings. The molecule has 160 valence electrons. The van der Waals surface area contributed by atoms with Crippen LogP contribution in [-0.2, 0) is 19.0 Å². The highest BCUT2D eigenvalue weighted by atomic mass is 15.3. The second-order valence-electron chi connectivity index (χ2n) is 8.49.